The van der Waals surface area contributed by atoms with Crippen LogP contribution in [0.25, 0.3) is 0 Å². The Hall–Kier alpha value is -0.820. The Balaban J connectivity index is 3.29. The van der Waals surface area contributed by atoms with Gasteiger partial charge in [-0.15, -0.1) is 0 Å². The van der Waals surface area contributed by atoms with Gasteiger partial charge in [0.25, 0.3) is 0 Å². The van der Waals surface area contributed by atoms with Gasteiger partial charge in [0.05, 0.1) is 16.2 Å². The van der Waals surface area contributed by atoms with Gasteiger partial charge in [-0.3, -0.25) is 4.79 Å². The average molecular weight is 378 g/mol. The number of halogens is 1. The van der Waals surface area contributed by atoms with E-state index in [1.54, 1.807) is 20.1 Å². The van der Waals surface area contributed by atoms with Crippen molar-refractivity contribution in [3.05, 3.63) is 20.8 Å². The topological polar surface area (TPSA) is 44.8 Å². The van der Waals surface area contributed by atoms with Gasteiger partial charge < -0.3 is 14.2 Å². The maximum Gasteiger partial charge on any atom is 0.197 e. The number of rotatable bonds is 6. The van der Waals surface area contributed by atoms with Crippen LogP contribution in [0, 0.1) is 10.5 Å². The third-order valence-corrected chi connectivity index (χ3v) is 3.48. The van der Waals surface area contributed by atoms with Gasteiger partial charge >= 0.3 is 0 Å². The summed E-state index contributed by atoms with van der Waals surface area (Å²) in [4.78, 5) is 11.7. The van der Waals surface area contributed by atoms with Crippen molar-refractivity contribution in [2.45, 2.75) is 34.0 Å². The van der Waals surface area contributed by atoms with Gasteiger partial charge in [0.2, 0.25) is 0 Å². The van der Waals surface area contributed by atoms with Crippen LogP contribution >= 0.6 is 22.6 Å². The Bertz CT molecular complexity index is 471. The Morgan fingerprint density at radius 1 is 1.42 bits per heavy atom. The predicted molar refractivity (Wildman–Crippen MR) is 82.2 cm³/mol. The summed E-state index contributed by atoms with van der Waals surface area (Å²) in [6, 6.07) is 1.78. The number of carbonyl (C=O) groups is 1. The van der Waals surface area contributed by atoms with E-state index in [2.05, 4.69) is 22.6 Å². The van der Waals surface area contributed by atoms with E-state index in [0.717, 1.165) is 14.9 Å². The number of methoxy groups -OCH3 is 1. The fourth-order valence-corrected chi connectivity index (χ4v) is 2.78. The average Bonchev–Trinajstić information content (AvgIpc) is 2.33. The molecule has 1 rings (SSSR count). The second kappa shape index (κ2) is 7.09. The Kier molecular flexibility index (Phi) is 6.06. The van der Waals surface area contributed by atoms with E-state index in [9.17, 15) is 4.79 Å². The van der Waals surface area contributed by atoms with E-state index < -0.39 is 6.29 Å². The number of hydrogen-bond donors (Lipinski definition) is 0. The summed E-state index contributed by atoms with van der Waals surface area (Å²) in [5.74, 6) is 1.22. The molecule has 0 spiro atoms. The molecule has 1 aromatic rings. The first-order valence-corrected chi connectivity index (χ1v) is 7.16. The molecule has 0 aromatic heterocycles. The Morgan fingerprint density at radius 3 is 2.53 bits per heavy atom. The lowest BCUT2D eigenvalue weighted by atomic mass is 10.1. The molecule has 1 aromatic carbocycles. The van der Waals surface area contributed by atoms with Crippen molar-refractivity contribution >= 4 is 28.4 Å². The fraction of sp³-hybridized carbons (Fsp3) is 0.500. The third-order valence-electron chi connectivity index (χ3n) is 2.68. The molecular formula is C14H19IO4. The smallest absolute Gasteiger partial charge is 0.197 e. The van der Waals surface area contributed by atoms with Crippen molar-refractivity contribution in [1.82, 2.24) is 0 Å². The number of benzene rings is 1. The molecule has 1 unspecified atom stereocenters. The molecule has 0 aliphatic heterocycles. The van der Waals surface area contributed by atoms with E-state index in [-0.39, 0.29) is 5.78 Å². The lowest BCUT2D eigenvalue weighted by molar-refractivity contribution is -0.0619. The predicted octanol–water partition coefficient (Wildman–Crippen LogP) is 3.57. The van der Waals surface area contributed by atoms with Crippen LogP contribution in [-0.4, -0.2) is 25.8 Å². The third kappa shape index (κ3) is 3.82. The normalized spacial score (nSPS) is 12.1. The highest BCUT2D eigenvalue weighted by atomic mass is 127. The van der Waals surface area contributed by atoms with Gasteiger partial charge in [0.1, 0.15) is 11.5 Å². The van der Waals surface area contributed by atoms with Crippen molar-refractivity contribution in [1.29, 1.82) is 0 Å². The molecule has 19 heavy (non-hydrogen) atoms. The standard InChI is InChI=1S/C14H19IO4/c1-6-18-10(4)19-13-8(2)14(17-5)12(15)7-11(13)9(3)16/h7,10H,6H2,1-5H3. The minimum absolute atomic E-state index is 0.0395. The molecule has 0 radical (unpaired) electrons. The molecule has 0 amide bonds. The number of Topliss-reactive ketones (excluding diaryl/α,β-unsaturated/α-hetero) is 1. The lowest BCUT2D eigenvalue weighted by Gasteiger charge is -2.20. The summed E-state index contributed by atoms with van der Waals surface area (Å²) in [5, 5.41) is 0. The van der Waals surface area contributed by atoms with E-state index >= 15 is 0 Å². The van der Waals surface area contributed by atoms with E-state index in [1.165, 1.54) is 6.92 Å². The quantitative estimate of drug-likeness (QED) is 0.431. The van der Waals surface area contributed by atoms with Gasteiger partial charge in [-0.25, -0.2) is 0 Å². The SMILES string of the molecule is CCOC(C)Oc1c(C(C)=O)cc(I)c(OC)c1C. The number of hydrogen-bond acceptors (Lipinski definition) is 4. The van der Waals surface area contributed by atoms with Crippen molar-refractivity contribution in [3.8, 4) is 11.5 Å². The summed E-state index contributed by atoms with van der Waals surface area (Å²) in [5.41, 5.74) is 1.36. The van der Waals surface area contributed by atoms with Crippen LogP contribution in [0.4, 0.5) is 0 Å². The minimum atomic E-state index is -0.411. The molecule has 1 atom stereocenters. The molecular weight excluding hydrogens is 359 g/mol. The second-order valence-electron chi connectivity index (χ2n) is 4.09. The second-order valence-corrected chi connectivity index (χ2v) is 5.25. The molecule has 0 saturated carbocycles. The van der Waals surface area contributed by atoms with E-state index in [1.807, 2.05) is 13.8 Å². The Morgan fingerprint density at radius 2 is 2.05 bits per heavy atom. The highest BCUT2D eigenvalue weighted by Gasteiger charge is 2.20. The van der Waals surface area contributed by atoms with Crippen LogP contribution in [0.5, 0.6) is 11.5 Å². The lowest BCUT2D eigenvalue weighted by Crippen LogP contribution is -2.18. The molecule has 0 bridgehead atoms. The zero-order chi connectivity index (χ0) is 14.6. The van der Waals surface area contributed by atoms with Crippen LogP contribution in [0.15, 0.2) is 6.07 Å². The van der Waals surface area contributed by atoms with E-state index in [0.29, 0.717) is 17.9 Å². The van der Waals surface area contributed by atoms with Crippen molar-refractivity contribution in [3.63, 3.8) is 0 Å². The zero-order valence-electron chi connectivity index (χ0n) is 11.9. The first-order chi connectivity index (χ1) is 8.92. The van der Waals surface area contributed by atoms with Gasteiger partial charge in [0.15, 0.2) is 12.1 Å². The molecule has 0 fully saturated rings. The molecule has 0 saturated heterocycles. The Labute approximate surface area is 127 Å². The zero-order valence-corrected chi connectivity index (χ0v) is 14.0. The molecule has 0 aliphatic rings. The van der Waals surface area contributed by atoms with Gasteiger partial charge in [0, 0.05) is 12.2 Å². The van der Waals surface area contributed by atoms with Crippen molar-refractivity contribution in [2.24, 2.45) is 0 Å². The van der Waals surface area contributed by atoms with E-state index in [4.69, 9.17) is 14.2 Å². The monoisotopic (exact) mass is 378 g/mol. The largest absolute Gasteiger partial charge is 0.495 e. The minimum Gasteiger partial charge on any atom is -0.495 e. The maximum atomic E-state index is 11.7. The summed E-state index contributed by atoms with van der Waals surface area (Å²) in [6.07, 6.45) is -0.411. The summed E-state index contributed by atoms with van der Waals surface area (Å²) in [6.45, 7) is 7.65. The molecule has 5 heteroatoms. The van der Waals surface area contributed by atoms with Gasteiger partial charge in [-0.05, 0) is 56.4 Å². The molecule has 0 N–H and O–H groups in total. The first kappa shape index (κ1) is 16.2. The van der Waals surface area contributed by atoms with Crippen molar-refractivity contribution < 1.29 is 19.0 Å². The van der Waals surface area contributed by atoms with Crippen LogP contribution in [0.3, 0.4) is 0 Å². The highest BCUT2D eigenvalue weighted by Crippen LogP contribution is 2.36. The molecule has 0 aliphatic carbocycles. The summed E-state index contributed by atoms with van der Waals surface area (Å²) >= 11 is 2.15. The maximum absolute atomic E-state index is 11.7. The first-order valence-electron chi connectivity index (χ1n) is 6.08. The van der Waals surface area contributed by atoms with Gasteiger partial charge in [-0.1, -0.05) is 0 Å². The summed E-state index contributed by atoms with van der Waals surface area (Å²) < 4.78 is 17.4. The van der Waals surface area contributed by atoms with Crippen LogP contribution < -0.4 is 9.47 Å². The molecule has 0 heterocycles. The van der Waals surface area contributed by atoms with Crippen LogP contribution in [-0.2, 0) is 4.74 Å². The van der Waals surface area contributed by atoms with Gasteiger partial charge in [-0.2, -0.15) is 0 Å². The molecule has 106 valence electrons. The van der Waals surface area contributed by atoms with Crippen molar-refractivity contribution in [2.75, 3.05) is 13.7 Å². The molecule has 4 nitrogen and oxygen atoms in total. The number of ether oxygens (including phenoxy) is 3. The van der Waals surface area contributed by atoms with Crippen LogP contribution in [0.1, 0.15) is 36.7 Å². The number of ketones is 1. The number of carbonyl (C=O) groups excluding carboxylic acids is 1. The summed E-state index contributed by atoms with van der Waals surface area (Å²) in [7, 11) is 1.60. The fourth-order valence-electron chi connectivity index (χ4n) is 1.84. The van der Waals surface area contributed by atoms with Crippen LogP contribution in [0.2, 0.25) is 0 Å². The highest BCUT2D eigenvalue weighted by molar-refractivity contribution is 14.1.